The first-order valence-corrected chi connectivity index (χ1v) is 6.06. The van der Waals surface area contributed by atoms with Crippen molar-refractivity contribution in [1.82, 2.24) is 5.32 Å². The van der Waals surface area contributed by atoms with Crippen LogP contribution in [0.5, 0.6) is 0 Å². The number of benzene rings is 1. The lowest BCUT2D eigenvalue weighted by molar-refractivity contribution is 0.443. The molecule has 88 valence electrons. The fraction of sp³-hybridized carbons (Fsp3) is 0.538. The Labute approximate surface area is 101 Å². The molecule has 0 saturated heterocycles. The summed E-state index contributed by atoms with van der Waals surface area (Å²) >= 11 is 6.08. The van der Waals surface area contributed by atoms with E-state index < -0.39 is 0 Å². The van der Waals surface area contributed by atoms with Gasteiger partial charge in [-0.3, -0.25) is 0 Å². The lowest BCUT2D eigenvalue weighted by Gasteiger charge is -2.27. The summed E-state index contributed by atoms with van der Waals surface area (Å²) in [6.45, 7) is 4.80. The first-order valence-electron chi connectivity index (χ1n) is 5.68. The maximum absolute atomic E-state index is 13.8. The largest absolute Gasteiger partial charge is 0.313 e. The van der Waals surface area contributed by atoms with Crippen LogP contribution in [0.15, 0.2) is 18.2 Å². The van der Waals surface area contributed by atoms with Gasteiger partial charge in [-0.25, -0.2) is 4.39 Å². The minimum Gasteiger partial charge on any atom is -0.313 e. The Hall–Kier alpha value is -0.600. The van der Waals surface area contributed by atoms with E-state index in [4.69, 9.17) is 11.6 Å². The molecule has 0 aliphatic heterocycles. The zero-order chi connectivity index (χ0) is 11.8. The van der Waals surface area contributed by atoms with Crippen LogP contribution in [0, 0.1) is 5.82 Å². The van der Waals surface area contributed by atoms with Gasteiger partial charge in [0.2, 0.25) is 0 Å². The fourth-order valence-corrected chi connectivity index (χ4v) is 2.34. The summed E-state index contributed by atoms with van der Waals surface area (Å²) in [5.74, 6) is -0.213. The lowest BCUT2D eigenvalue weighted by atomic mass is 9.84. The third-order valence-corrected chi connectivity index (χ3v) is 3.36. The molecule has 1 aliphatic rings. The summed E-state index contributed by atoms with van der Waals surface area (Å²) in [5, 5.41) is 3.94. The van der Waals surface area contributed by atoms with Crippen LogP contribution < -0.4 is 5.32 Å². The summed E-state index contributed by atoms with van der Waals surface area (Å²) in [6, 6.07) is 5.50. The van der Waals surface area contributed by atoms with Crippen molar-refractivity contribution >= 4 is 11.6 Å². The van der Waals surface area contributed by atoms with Crippen LogP contribution in [0.4, 0.5) is 4.39 Å². The van der Waals surface area contributed by atoms with Crippen molar-refractivity contribution in [3.05, 3.63) is 34.6 Å². The van der Waals surface area contributed by atoms with Gasteiger partial charge in [0.15, 0.2) is 0 Å². The predicted octanol–water partition coefficient (Wildman–Crippen LogP) is 3.51. The van der Waals surface area contributed by atoms with Gasteiger partial charge in [-0.05, 0) is 25.0 Å². The van der Waals surface area contributed by atoms with Gasteiger partial charge in [-0.1, -0.05) is 31.5 Å². The molecule has 1 aliphatic carbocycles. The summed E-state index contributed by atoms with van der Waals surface area (Å²) in [7, 11) is 0. The van der Waals surface area contributed by atoms with E-state index in [1.165, 1.54) is 18.9 Å². The van der Waals surface area contributed by atoms with Gasteiger partial charge in [0.1, 0.15) is 5.82 Å². The van der Waals surface area contributed by atoms with Gasteiger partial charge in [0, 0.05) is 28.6 Å². The molecule has 16 heavy (non-hydrogen) atoms. The Morgan fingerprint density at radius 2 is 2.12 bits per heavy atom. The number of halogens is 2. The van der Waals surface area contributed by atoms with Crippen molar-refractivity contribution in [3.63, 3.8) is 0 Å². The molecule has 3 heteroatoms. The summed E-state index contributed by atoms with van der Waals surface area (Å²) in [6.07, 6.45) is 2.47. The number of hydrogen-bond acceptors (Lipinski definition) is 1. The van der Waals surface area contributed by atoms with Gasteiger partial charge in [-0.15, -0.1) is 0 Å². The Morgan fingerprint density at radius 1 is 1.44 bits per heavy atom. The smallest absolute Gasteiger partial charge is 0.128 e. The molecule has 1 N–H and O–H groups in total. The molecule has 1 fully saturated rings. The van der Waals surface area contributed by atoms with Gasteiger partial charge in [0.25, 0.3) is 0 Å². The molecule has 0 unspecified atom stereocenters. The molecule has 1 nitrogen and oxygen atoms in total. The third kappa shape index (κ3) is 2.55. The van der Waals surface area contributed by atoms with Gasteiger partial charge in [0.05, 0.1) is 0 Å². The summed E-state index contributed by atoms with van der Waals surface area (Å²) in [4.78, 5) is 0. The molecule has 2 rings (SSSR count). The highest BCUT2D eigenvalue weighted by molar-refractivity contribution is 6.31. The van der Waals surface area contributed by atoms with E-state index in [1.807, 2.05) is 13.8 Å². The second kappa shape index (κ2) is 4.34. The zero-order valence-corrected chi connectivity index (χ0v) is 10.4. The SMILES string of the molecule is CC(C)(CNC1CC1)c1c(F)cccc1Cl. The number of rotatable bonds is 4. The van der Waals surface area contributed by atoms with Crippen molar-refractivity contribution in [1.29, 1.82) is 0 Å². The molecule has 0 bridgehead atoms. The van der Waals surface area contributed by atoms with E-state index in [2.05, 4.69) is 5.32 Å². The Balaban J connectivity index is 2.18. The maximum atomic E-state index is 13.8. The number of nitrogens with one attached hydrogen (secondary N) is 1. The van der Waals surface area contributed by atoms with Gasteiger partial charge >= 0.3 is 0 Å². The van der Waals surface area contributed by atoms with E-state index in [0.29, 0.717) is 16.6 Å². The second-order valence-electron chi connectivity index (χ2n) is 5.14. The van der Waals surface area contributed by atoms with E-state index in [9.17, 15) is 4.39 Å². The first kappa shape index (κ1) is 11.9. The van der Waals surface area contributed by atoms with Crippen molar-refractivity contribution < 1.29 is 4.39 Å². The molecule has 0 heterocycles. The second-order valence-corrected chi connectivity index (χ2v) is 5.54. The highest BCUT2D eigenvalue weighted by atomic mass is 35.5. The molecule has 0 amide bonds. The standard InChI is InChI=1S/C13H17ClFN/c1-13(2,8-16-9-6-7-9)12-10(14)4-3-5-11(12)15/h3-5,9,16H,6-8H2,1-2H3. The third-order valence-electron chi connectivity index (χ3n) is 3.05. The predicted molar refractivity (Wildman–Crippen MR) is 65.5 cm³/mol. The molecule has 0 atom stereocenters. The summed E-state index contributed by atoms with van der Waals surface area (Å²) < 4.78 is 13.8. The van der Waals surface area contributed by atoms with Crippen molar-refractivity contribution in [2.24, 2.45) is 0 Å². The van der Waals surface area contributed by atoms with Crippen LogP contribution in [-0.2, 0) is 5.41 Å². The average Bonchev–Trinajstić information content (AvgIpc) is 2.97. The van der Waals surface area contributed by atoms with Crippen LogP contribution in [-0.4, -0.2) is 12.6 Å². The van der Waals surface area contributed by atoms with E-state index in [-0.39, 0.29) is 11.2 Å². The molecule has 1 saturated carbocycles. The van der Waals surface area contributed by atoms with E-state index in [0.717, 1.165) is 6.54 Å². The highest BCUT2D eigenvalue weighted by Gasteiger charge is 2.29. The maximum Gasteiger partial charge on any atom is 0.128 e. The molecular formula is C13H17ClFN. The molecule has 0 aromatic heterocycles. The minimum atomic E-state index is -0.273. The molecule has 0 spiro atoms. The first-order chi connectivity index (χ1) is 7.50. The zero-order valence-electron chi connectivity index (χ0n) is 9.69. The minimum absolute atomic E-state index is 0.213. The van der Waals surface area contributed by atoms with Gasteiger partial charge in [-0.2, -0.15) is 0 Å². The molecule has 1 aromatic rings. The Bertz CT molecular complexity index is 365. The lowest BCUT2D eigenvalue weighted by Crippen LogP contribution is -2.35. The fourth-order valence-electron chi connectivity index (χ4n) is 1.92. The van der Waals surface area contributed by atoms with E-state index in [1.54, 1.807) is 12.1 Å². The normalized spacial score (nSPS) is 16.5. The summed E-state index contributed by atoms with van der Waals surface area (Å²) in [5.41, 5.74) is 0.343. The van der Waals surface area contributed by atoms with Crippen LogP contribution >= 0.6 is 11.6 Å². The Morgan fingerprint density at radius 3 is 2.69 bits per heavy atom. The van der Waals surface area contributed by atoms with Crippen LogP contribution in [0.25, 0.3) is 0 Å². The van der Waals surface area contributed by atoms with Crippen molar-refractivity contribution in [2.75, 3.05) is 6.54 Å². The monoisotopic (exact) mass is 241 g/mol. The van der Waals surface area contributed by atoms with Crippen LogP contribution in [0.1, 0.15) is 32.3 Å². The average molecular weight is 242 g/mol. The quantitative estimate of drug-likeness (QED) is 0.851. The number of hydrogen-bond donors (Lipinski definition) is 1. The van der Waals surface area contributed by atoms with E-state index >= 15 is 0 Å². The van der Waals surface area contributed by atoms with Gasteiger partial charge < -0.3 is 5.32 Å². The highest BCUT2D eigenvalue weighted by Crippen LogP contribution is 2.32. The van der Waals surface area contributed by atoms with Crippen LogP contribution in [0.3, 0.4) is 0 Å². The topological polar surface area (TPSA) is 12.0 Å². The van der Waals surface area contributed by atoms with Crippen molar-refractivity contribution in [2.45, 2.75) is 38.1 Å². The molecule has 0 radical (unpaired) electrons. The Kier molecular flexibility index (Phi) is 3.22. The molecule has 1 aromatic carbocycles. The molecular weight excluding hydrogens is 225 g/mol. The van der Waals surface area contributed by atoms with Crippen LogP contribution in [0.2, 0.25) is 5.02 Å². The van der Waals surface area contributed by atoms with Crippen molar-refractivity contribution in [3.8, 4) is 0 Å².